The summed E-state index contributed by atoms with van der Waals surface area (Å²) in [5.74, 6) is 0.828. The van der Waals surface area contributed by atoms with Crippen LogP contribution in [0.2, 0.25) is 0 Å². The third-order valence-corrected chi connectivity index (χ3v) is 3.98. The molecular weight excluding hydrogens is 330 g/mol. The third kappa shape index (κ3) is 4.44. The molecule has 0 fully saturated rings. The molecule has 7 heteroatoms. The van der Waals surface area contributed by atoms with E-state index < -0.39 is 0 Å². The normalized spacial score (nSPS) is 10.5. The van der Waals surface area contributed by atoms with Crippen molar-refractivity contribution in [3.63, 3.8) is 0 Å². The SMILES string of the molecule is Cc1ccccc1OCCCC(=O)Nc1ccc(-n2cnnn2)c(C)c1. The Labute approximate surface area is 152 Å². The molecule has 0 aliphatic carbocycles. The largest absolute Gasteiger partial charge is 0.493 e. The average molecular weight is 351 g/mol. The summed E-state index contributed by atoms with van der Waals surface area (Å²) in [5.41, 5.74) is 3.69. The van der Waals surface area contributed by atoms with E-state index in [-0.39, 0.29) is 5.91 Å². The minimum Gasteiger partial charge on any atom is -0.493 e. The summed E-state index contributed by atoms with van der Waals surface area (Å²) in [5, 5.41) is 14.0. The van der Waals surface area contributed by atoms with Crippen LogP contribution in [0.1, 0.15) is 24.0 Å². The van der Waals surface area contributed by atoms with Crippen LogP contribution in [-0.2, 0) is 4.79 Å². The fraction of sp³-hybridized carbons (Fsp3) is 0.263. The predicted molar refractivity (Wildman–Crippen MR) is 98.4 cm³/mol. The minimum atomic E-state index is -0.0343. The first kappa shape index (κ1) is 17.6. The zero-order valence-electron chi connectivity index (χ0n) is 14.8. The van der Waals surface area contributed by atoms with Gasteiger partial charge in [0.05, 0.1) is 12.3 Å². The predicted octanol–water partition coefficient (Wildman–Crippen LogP) is 3.08. The van der Waals surface area contributed by atoms with E-state index in [0.29, 0.717) is 19.4 Å². The number of hydrogen-bond donors (Lipinski definition) is 1. The molecule has 3 aromatic rings. The highest BCUT2D eigenvalue weighted by Crippen LogP contribution is 2.19. The lowest BCUT2D eigenvalue weighted by atomic mass is 10.1. The summed E-state index contributed by atoms with van der Waals surface area (Å²) in [6.45, 7) is 4.46. The smallest absolute Gasteiger partial charge is 0.224 e. The number of ether oxygens (including phenoxy) is 1. The number of anilines is 1. The number of nitrogens with one attached hydrogen (secondary N) is 1. The number of amides is 1. The van der Waals surface area contributed by atoms with Gasteiger partial charge in [0.1, 0.15) is 12.1 Å². The van der Waals surface area contributed by atoms with E-state index in [2.05, 4.69) is 20.8 Å². The molecule has 0 bridgehead atoms. The second-order valence-electron chi connectivity index (χ2n) is 6.02. The van der Waals surface area contributed by atoms with Crippen molar-refractivity contribution in [2.45, 2.75) is 26.7 Å². The summed E-state index contributed by atoms with van der Waals surface area (Å²) < 4.78 is 7.30. The molecule has 1 N–H and O–H groups in total. The summed E-state index contributed by atoms with van der Waals surface area (Å²) in [6.07, 6.45) is 2.59. The first-order valence-electron chi connectivity index (χ1n) is 8.46. The number of benzene rings is 2. The van der Waals surface area contributed by atoms with E-state index in [4.69, 9.17) is 4.74 Å². The number of carbonyl (C=O) groups is 1. The Balaban J connectivity index is 1.48. The molecule has 0 saturated heterocycles. The van der Waals surface area contributed by atoms with Crippen LogP contribution in [0.4, 0.5) is 5.69 Å². The quantitative estimate of drug-likeness (QED) is 0.662. The average Bonchev–Trinajstić information content (AvgIpc) is 3.14. The number of carbonyl (C=O) groups excluding carboxylic acids is 1. The highest BCUT2D eigenvalue weighted by atomic mass is 16.5. The Kier molecular flexibility index (Phi) is 5.58. The Hall–Kier alpha value is -3.22. The maximum absolute atomic E-state index is 12.1. The van der Waals surface area contributed by atoms with E-state index >= 15 is 0 Å². The van der Waals surface area contributed by atoms with Crippen molar-refractivity contribution in [2.75, 3.05) is 11.9 Å². The Bertz CT molecular complexity index is 877. The van der Waals surface area contributed by atoms with Crippen LogP contribution < -0.4 is 10.1 Å². The van der Waals surface area contributed by atoms with Gasteiger partial charge in [-0.25, -0.2) is 4.68 Å². The van der Waals surface area contributed by atoms with Crippen LogP contribution in [0, 0.1) is 13.8 Å². The Morgan fingerprint density at radius 2 is 2.00 bits per heavy atom. The third-order valence-electron chi connectivity index (χ3n) is 3.98. The molecule has 0 saturated carbocycles. The molecule has 7 nitrogen and oxygen atoms in total. The standard InChI is InChI=1S/C19H21N5O2/c1-14-6-3-4-7-18(14)26-11-5-8-19(25)21-16-9-10-17(15(2)12-16)24-13-20-22-23-24/h3-4,6-7,9-10,12-13H,5,8,11H2,1-2H3,(H,21,25). The van der Waals surface area contributed by atoms with Gasteiger partial charge in [0.2, 0.25) is 5.91 Å². The molecule has 0 spiro atoms. The number of hydrogen-bond acceptors (Lipinski definition) is 5. The Morgan fingerprint density at radius 3 is 2.73 bits per heavy atom. The number of tetrazole rings is 1. The molecule has 26 heavy (non-hydrogen) atoms. The van der Waals surface area contributed by atoms with Gasteiger partial charge >= 0.3 is 0 Å². The van der Waals surface area contributed by atoms with Gasteiger partial charge in [-0.05, 0) is 66.1 Å². The van der Waals surface area contributed by atoms with Gasteiger partial charge in [-0.1, -0.05) is 18.2 Å². The fourth-order valence-corrected chi connectivity index (χ4v) is 2.62. The topological polar surface area (TPSA) is 81.9 Å². The minimum absolute atomic E-state index is 0.0343. The van der Waals surface area contributed by atoms with Gasteiger partial charge < -0.3 is 10.1 Å². The van der Waals surface area contributed by atoms with Gasteiger partial charge in [0, 0.05) is 12.1 Å². The summed E-state index contributed by atoms with van der Waals surface area (Å²) in [6, 6.07) is 13.5. The molecular formula is C19H21N5O2. The van der Waals surface area contributed by atoms with E-state index in [1.807, 2.05) is 56.3 Å². The lowest BCUT2D eigenvalue weighted by molar-refractivity contribution is -0.116. The van der Waals surface area contributed by atoms with Crippen LogP contribution >= 0.6 is 0 Å². The number of para-hydroxylation sites is 1. The van der Waals surface area contributed by atoms with Crippen LogP contribution in [0.3, 0.4) is 0 Å². The van der Waals surface area contributed by atoms with Gasteiger partial charge in [0.25, 0.3) is 0 Å². The van der Waals surface area contributed by atoms with Crippen molar-refractivity contribution in [1.82, 2.24) is 20.2 Å². The van der Waals surface area contributed by atoms with Gasteiger partial charge in [0.15, 0.2) is 0 Å². The second-order valence-corrected chi connectivity index (χ2v) is 6.02. The lowest BCUT2D eigenvalue weighted by Gasteiger charge is -2.10. The maximum atomic E-state index is 12.1. The summed E-state index contributed by atoms with van der Waals surface area (Å²) >= 11 is 0. The number of rotatable bonds is 7. The number of aryl methyl sites for hydroxylation is 2. The van der Waals surface area contributed by atoms with Crippen molar-refractivity contribution in [3.8, 4) is 11.4 Å². The second kappa shape index (κ2) is 8.24. The molecule has 1 heterocycles. The van der Waals surface area contributed by atoms with Gasteiger partial charge in [-0.2, -0.15) is 0 Å². The Morgan fingerprint density at radius 1 is 1.15 bits per heavy atom. The monoisotopic (exact) mass is 351 g/mol. The first-order chi connectivity index (χ1) is 12.6. The molecule has 0 radical (unpaired) electrons. The van der Waals surface area contributed by atoms with Crippen molar-refractivity contribution in [1.29, 1.82) is 0 Å². The molecule has 0 aliphatic heterocycles. The zero-order chi connectivity index (χ0) is 18.4. The van der Waals surface area contributed by atoms with Crippen LogP contribution in [0.15, 0.2) is 48.8 Å². The number of aromatic nitrogens is 4. The molecule has 0 aliphatic rings. The highest BCUT2D eigenvalue weighted by molar-refractivity contribution is 5.90. The van der Waals surface area contributed by atoms with Crippen molar-refractivity contribution < 1.29 is 9.53 Å². The van der Waals surface area contributed by atoms with Crippen molar-refractivity contribution >= 4 is 11.6 Å². The summed E-state index contributed by atoms with van der Waals surface area (Å²) in [4.78, 5) is 12.1. The molecule has 134 valence electrons. The molecule has 1 aromatic heterocycles. The van der Waals surface area contributed by atoms with E-state index in [0.717, 1.165) is 28.3 Å². The van der Waals surface area contributed by atoms with E-state index in [1.54, 1.807) is 4.68 Å². The van der Waals surface area contributed by atoms with Gasteiger partial charge in [-0.3, -0.25) is 4.79 Å². The maximum Gasteiger partial charge on any atom is 0.224 e. The van der Waals surface area contributed by atoms with Crippen LogP contribution in [0.5, 0.6) is 5.75 Å². The van der Waals surface area contributed by atoms with E-state index in [1.165, 1.54) is 6.33 Å². The first-order valence-corrected chi connectivity index (χ1v) is 8.46. The fourth-order valence-electron chi connectivity index (χ4n) is 2.62. The van der Waals surface area contributed by atoms with Gasteiger partial charge in [-0.15, -0.1) is 5.10 Å². The molecule has 0 atom stereocenters. The molecule has 3 rings (SSSR count). The molecule has 2 aromatic carbocycles. The van der Waals surface area contributed by atoms with E-state index in [9.17, 15) is 4.79 Å². The van der Waals surface area contributed by atoms with Crippen molar-refractivity contribution in [2.24, 2.45) is 0 Å². The van der Waals surface area contributed by atoms with Crippen LogP contribution in [0.25, 0.3) is 5.69 Å². The van der Waals surface area contributed by atoms with Crippen LogP contribution in [-0.4, -0.2) is 32.7 Å². The lowest BCUT2D eigenvalue weighted by Crippen LogP contribution is -2.13. The number of nitrogens with zero attached hydrogens (tertiary/aromatic N) is 4. The molecule has 1 amide bonds. The highest BCUT2D eigenvalue weighted by Gasteiger charge is 2.07. The zero-order valence-corrected chi connectivity index (χ0v) is 14.8. The summed E-state index contributed by atoms with van der Waals surface area (Å²) in [7, 11) is 0. The van der Waals surface area contributed by atoms with Crippen molar-refractivity contribution in [3.05, 3.63) is 59.9 Å². The molecule has 0 unspecified atom stereocenters.